The first-order valence-corrected chi connectivity index (χ1v) is 9.32. The zero-order valence-electron chi connectivity index (χ0n) is 13.3. The predicted molar refractivity (Wildman–Crippen MR) is 86.3 cm³/mol. The van der Waals surface area contributed by atoms with Gasteiger partial charge in [0.1, 0.15) is 0 Å². The van der Waals surface area contributed by atoms with Crippen molar-refractivity contribution in [3.05, 3.63) is 0 Å². The van der Waals surface area contributed by atoms with Gasteiger partial charge in [-0.25, -0.2) is 0 Å². The number of hydrogen-bond donors (Lipinski definition) is 1. The van der Waals surface area contributed by atoms with E-state index in [1.165, 1.54) is 24.3 Å². The second-order valence-corrected chi connectivity index (χ2v) is 7.75. The third kappa shape index (κ3) is 3.52. The van der Waals surface area contributed by atoms with Crippen molar-refractivity contribution >= 4 is 11.8 Å². The van der Waals surface area contributed by atoms with Crippen molar-refractivity contribution in [2.75, 3.05) is 24.7 Å². The molecule has 0 bridgehead atoms. The predicted octanol–water partition coefficient (Wildman–Crippen LogP) is 3.21. The van der Waals surface area contributed by atoms with Crippen LogP contribution in [0.4, 0.5) is 0 Å². The molecule has 2 N–H and O–H groups in total. The highest BCUT2D eigenvalue weighted by Crippen LogP contribution is 2.42. The molecule has 0 aliphatic carbocycles. The SMILES string of the molecule is CCOC(C)(CC)C(N)C1CCOC2(CCSCC2)C1. The molecule has 2 fully saturated rings. The number of thioether (sulfide) groups is 1. The molecule has 0 aromatic rings. The van der Waals surface area contributed by atoms with E-state index < -0.39 is 0 Å². The largest absolute Gasteiger partial charge is 0.375 e. The molecule has 118 valence electrons. The molecular formula is C16H31NO2S. The first-order chi connectivity index (χ1) is 9.55. The standard InChI is InChI=1S/C16H31NO2S/c1-4-15(3,18-5-2)14(17)13-6-9-19-16(12-13)7-10-20-11-8-16/h13-14H,4-12,17H2,1-3H3. The summed E-state index contributed by atoms with van der Waals surface area (Å²) in [7, 11) is 0. The molecule has 2 aliphatic heterocycles. The summed E-state index contributed by atoms with van der Waals surface area (Å²) in [5, 5.41) is 0. The number of ether oxygens (including phenoxy) is 2. The molecule has 20 heavy (non-hydrogen) atoms. The lowest BCUT2D eigenvalue weighted by molar-refractivity contribution is -0.127. The molecule has 4 heteroatoms. The zero-order chi connectivity index (χ0) is 14.6. The van der Waals surface area contributed by atoms with Gasteiger partial charge in [-0.3, -0.25) is 0 Å². The van der Waals surface area contributed by atoms with Gasteiger partial charge in [0.25, 0.3) is 0 Å². The van der Waals surface area contributed by atoms with Gasteiger partial charge in [-0.1, -0.05) is 6.92 Å². The highest BCUT2D eigenvalue weighted by Gasteiger charge is 2.44. The Morgan fingerprint density at radius 2 is 2.10 bits per heavy atom. The monoisotopic (exact) mass is 301 g/mol. The molecular weight excluding hydrogens is 270 g/mol. The fourth-order valence-corrected chi connectivity index (χ4v) is 4.96. The molecule has 0 saturated carbocycles. The molecule has 1 spiro atoms. The molecule has 2 saturated heterocycles. The first kappa shape index (κ1) is 16.6. The Bertz CT molecular complexity index is 301. The molecule has 3 nitrogen and oxygen atoms in total. The van der Waals surface area contributed by atoms with Gasteiger partial charge in [-0.2, -0.15) is 11.8 Å². The van der Waals surface area contributed by atoms with Gasteiger partial charge in [0.05, 0.1) is 11.2 Å². The Balaban J connectivity index is 2.03. The summed E-state index contributed by atoms with van der Waals surface area (Å²) in [5.74, 6) is 3.00. The van der Waals surface area contributed by atoms with Gasteiger partial charge in [-0.15, -0.1) is 0 Å². The molecule has 2 heterocycles. The lowest BCUT2D eigenvalue weighted by atomic mass is 9.74. The minimum absolute atomic E-state index is 0.114. The van der Waals surface area contributed by atoms with Crippen LogP contribution in [-0.2, 0) is 9.47 Å². The third-order valence-corrected chi connectivity index (χ3v) is 6.31. The summed E-state index contributed by atoms with van der Waals surface area (Å²) in [5.41, 5.74) is 6.55. The number of nitrogens with two attached hydrogens (primary N) is 1. The van der Waals surface area contributed by atoms with Crippen molar-refractivity contribution in [1.82, 2.24) is 0 Å². The van der Waals surface area contributed by atoms with Gasteiger partial charge >= 0.3 is 0 Å². The van der Waals surface area contributed by atoms with Crippen molar-refractivity contribution in [3.63, 3.8) is 0 Å². The fourth-order valence-electron chi connectivity index (χ4n) is 3.73. The normalized spacial score (nSPS) is 30.9. The van der Waals surface area contributed by atoms with Crippen LogP contribution in [0.1, 0.15) is 52.9 Å². The minimum atomic E-state index is -0.193. The summed E-state index contributed by atoms with van der Waals surface area (Å²) >= 11 is 2.05. The molecule has 2 rings (SSSR count). The van der Waals surface area contributed by atoms with Crippen LogP contribution in [0.5, 0.6) is 0 Å². The lowest BCUT2D eigenvalue weighted by Gasteiger charge is -2.48. The van der Waals surface area contributed by atoms with Crippen molar-refractivity contribution in [1.29, 1.82) is 0 Å². The Hall–Kier alpha value is 0.230. The zero-order valence-corrected chi connectivity index (χ0v) is 14.1. The first-order valence-electron chi connectivity index (χ1n) is 8.16. The topological polar surface area (TPSA) is 44.5 Å². The van der Waals surface area contributed by atoms with Crippen LogP contribution in [-0.4, -0.2) is 42.0 Å². The van der Waals surface area contributed by atoms with Crippen LogP contribution in [0.3, 0.4) is 0 Å². The maximum atomic E-state index is 6.63. The van der Waals surface area contributed by atoms with Gasteiger partial charge in [0.15, 0.2) is 0 Å². The number of rotatable bonds is 5. The van der Waals surface area contributed by atoms with Crippen molar-refractivity contribution < 1.29 is 9.47 Å². The third-order valence-electron chi connectivity index (χ3n) is 5.32. The Morgan fingerprint density at radius 3 is 2.70 bits per heavy atom. The summed E-state index contributed by atoms with van der Waals surface area (Å²) in [6.07, 6.45) is 5.56. The van der Waals surface area contributed by atoms with Crippen LogP contribution >= 0.6 is 11.8 Å². The van der Waals surface area contributed by atoms with E-state index in [4.69, 9.17) is 15.2 Å². The van der Waals surface area contributed by atoms with Crippen LogP contribution in [0.2, 0.25) is 0 Å². The second kappa shape index (κ2) is 6.99. The summed E-state index contributed by atoms with van der Waals surface area (Å²) in [6, 6.07) is 0.114. The molecule has 3 unspecified atom stereocenters. The number of hydrogen-bond acceptors (Lipinski definition) is 4. The summed E-state index contributed by atoms with van der Waals surface area (Å²) in [4.78, 5) is 0. The van der Waals surface area contributed by atoms with Crippen molar-refractivity contribution in [2.45, 2.75) is 70.1 Å². The molecule has 2 aliphatic rings. The highest BCUT2D eigenvalue weighted by atomic mass is 32.2. The van der Waals surface area contributed by atoms with Crippen LogP contribution in [0.25, 0.3) is 0 Å². The van der Waals surface area contributed by atoms with E-state index >= 15 is 0 Å². The smallest absolute Gasteiger partial charge is 0.0804 e. The molecule has 0 aromatic carbocycles. The minimum Gasteiger partial charge on any atom is -0.375 e. The van der Waals surface area contributed by atoms with E-state index in [1.54, 1.807) is 0 Å². The quantitative estimate of drug-likeness (QED) is 0.847. The van der Waals surface area contributed by atoms with E-state index in [0.717, 1.165) is 32.5 Å². The van der Waals surface area contributed by atoms with E-state index in [0.29, 0.717) is 5.92 Å². The van der Waals surface area contributed by atoms with Crippen LogP contribution in [0, 0.1) is 5.92 Å². The highest BCUT2D eigenvalue weighted by molar-refractivity contribution is 7.99. The summed E-state index contributed by atoms with van der Waals surface area (Å²) in [6.45, 7) is 8.03. The fraction of sp³-hybridized carbons (Fsp3) is 1.00. The lowest BCUT2D eigenvalue weighted by Crippen LogP contribution is -2.56. The Labute approximate surface area is 128 Å². The molecule has 0 radical (unpaired) electrons. The molecule has 0 aromatic heterocycles. The Morgan fingerprint density at radius 1 is 1.40 bits per heavy atom. The Kier molecular flexibility index (Phi) is 5.80. The van der Waals surface area contributed by atoms with E-state index in [1.807, 2.05) is 0 Å². The van der Waals surface area contributed by atoms with E-state index in [2.05, 4.69) is 32.5 Å². The van der Waals surface area contributed by atoms with Gasteiger partial charge in [0.2, 0.25) is 0 Å². The second-order valence-electron chi connectivity index (χ2n) is 6.52. The molecule has 0 amide bonds. The van der Waals surface area contributed by atoms with Gasteiger partial charge in [0, 0.05) is 19.3 Å². The summed E-state index contributed by atoms with van der Waals surface area (Å²) < 4.78 is 12.2. The van der Waals surface area contributed by atoms with E-state index in [9.17, 15) is 0 Å². The van der Waals surface area contributed by atoms with Crippen molar-refractivity contribution in [2.24, 2.45) is 11.7 Å². The molecule has 3 atom stereocenters. The van der Waals surface area contributed by atoms with Crippen LogP contribution in [0.15, 0.2) is 0 Å². The van der Waals surface area contributed by atoms with Gasteiger partial charge < -0.3 is 15.2 Å². The maximum Gasteiger partial charge on any atom is 0.0804 e. The maximum absolute atomic E-state index is 6.63. The van der Waals surface area contributed by atoms with E-state index in [-0.39, 0.29) is 17.2 Å². The van der Waals surface area contributed by atoms with Gasteiger partial charge in [-0.05, 0) is 63.4 Å². The average Bonchev–Trinajstić information content (AvgIpc) is 2.47. The van der Waals surface area contributed by atoms with Crippen molar-refractivity contribution in [3.8, 4) is 0 Å². The average molecular weight is 301 g/mol. The van der Waals surface area contributed by atoms with Crippen LogP contribution < -0.4 is 5.73 Å².